The Balaban J connectivity index is 2.75. The first kappa shape index (κ1) is 13.7. The van der Waals surface area contributed by atoms with E-state index in [1.54, 1.807) is 0 Å². The van der Waals surface area contributed by atoms with E-state index >= 15 is 0 Å². The van der Waals surface area contributed by atoms with E-state index in [1.165, 1.54) is 0 Å². The second-order valence-corrected chi connectivity index (χ2v) is 4.93. The van der Waals surface area contributed by atoms with Gasteiger partial charge in [0.1, 0.15) is 0 Å². The molecule has 3 N–H and O–H groups in total. The lowest BCUT2D eigenvalue weighted by Gasteiger charge is -2.25. The molecule has 0 unspecified atom stereocenters. The second-order valence-electron chi connectivity index (χ2n) is 4.93. The Labute approximate surface area is 103 Å². The Morgan fingerprint density at radius 3 is 2.41 bits per heavy atom. The Morgan fingerprint density at radius 1 is 1.35 bits per heavy atom. The number of hydrogen-bond acceptors (Lipinski definition) is 2. The maximum Gasteiger partial charge on any atom is 0.227 e. The first-order valence-electron chi connectivity index (χ1n) is 6.07. The molecular weight excluding hydrogens is 212 g/mol. The molecule has 0 bridgehead atoms. The van der Waals surface area contributed by atoms with Gasteiger partial charge in [-0.25, -0.2) is 0 Å². The van der Waals surface area contributed by atoms with Gasteiger partial charge in [-0.15, -0.1) is 0 Å². The van der Waals surface area contributed by atoms with Gasteiger partial charge in [0.25, 0.3) is 0 Å². The summed E-state index contributed by atoms with van der Waals surface area (Å²) in [6.45, 7) is 6.14. The molecule has 0 aliphatic rings. The molecule has 0 aliphatic carbocycles. The van der Waals surface area contributed by atoms with E-state index < -0.39 is 5.41 Å². The van der Waals surface area contributed by atoms with Crippen LogP contribution in [0.4, 0.5) is 0 Å². The summed E-state index contributed by atoms with van der Waals surface area (Å²) >= 11 is 0. The molecule has 0 aliphatic heterocycles. The van der Waals surface area contributed by atoms with Crippen molar-refractivity contribution in [2.75, 3.05) is 6.54 Å². The van der Waals surface area contributed by atoms with Crippen LogP contribution in [0.15, 0.2) is 30.3 Å². The van der Waals surface area contributed by atoms with Crippen LogP contribution in [0.3, 0.4) is 0 Å². The number of amides is 1. The molecule has 0 aromatic heterocycles. The highest BCUT2D eigenvalue weighted by atomic mass is 16.2. The monoisotopic (exact) mass is 234 g/mol. The van der Waals surface area contributed by atoms with Crippen LogP contribution in [0.25, 0.3) is 0 Å². The fourth-order valence-electron chi connectivity index (χ4n) is 1.55. The van der Waals surface area contributed by atoms with Crippen LogP contribution in [-0.4, -0.2) is 12.5 Å². The molecule has 1 amide bonds. The van der Waals surface area contributed by atoms with E-state index in [9.17, 15) is 4.79 Å². The van der Waals surface area contributed by atoms with E-state index in [-0.39, 0.29) is 11.9 Å². The predicted octanol–water partition coefficient (Wildman–Crippen LogP) is 2.24. The van der Waals surface area contributed by atoms with Gasteiger partial charge in [-0.2, -0.15) is 0 Å². The van der Waals surface area contributed by atoms with E-state index in [0.717, 1.165) is 12.0 Å². The maximum absolute atomic E-state index is 12.0. The number of nitrogens with one attached hydrogen (secondary N) is 1. The lowest BCUT2D eigenvalue weighted by Crippen LogP contribution is -2.43. The second kappa shape index (κ2) is 5.82. The summed E-state index contributed by atoms with van der Waals surface area (Å²) in [5, 5.41) is 3.06. The molecule has 0 fully saturated rings. The van der Waals surface area contributed by atoms with E-state index in [4.69, 9.17) is 5.73 Å². The van der Waals surface area contributed by atoms with Crippen LogP contribution in [0.5, 0.6) is 0 Å². The van der Waals surface area contributed by atoms with Crippen molar-refractivity contribution in [2.45, 2.75) is 33.2 Å². The van der Waals surface area contributed by atoms with Crippen LogP contribution in [0.2, 0.25) is 0 Å². The highest BCUT2D eigenvalue weighted by Gasteiger charge is 2.27. The van der Waals surface area contributed by atoms with Crippen LogP contribution < -0.4 is 11.1 Å². The zero-order valence-electron chi connectivity index (χ0n) is 10.9. The van der Waals surface area contributed by atoms with Gasteiger partial charge in [0.15, 0.2) is 0 Å². The van der Waals surface area contributed by atoms with Crippen molar-refractivity contribution < 1.29 is 4.79 Å². The van der Waals surface area contributed by atoms with Gasteiger partial charge in [-0.05, 0) is 25.8 Å². The smallest absolute Gasteiger partial charge is 0.227 e. The third-order valence-corrected chi connectivity index (χ3v) is 3.04. The molecule has 0 saturated heterocycles. The van der Waals surface area contributed by atoms with Crippen molar-refractivity contribution in [1.82, 2.24) is 5.32 Å². The third-order valence-electron chi connectivity index (χ3n) is 3.04. The molecule has 17 heavy (non-hydrogen) atoms. The van der Waals surface area contributed by atoms with Crippen molar-refractivity contribution in [2.24, 2.45) is 11.1 Å². The quantitative estimate of drug-likeness (QED) is 0.821. The third kappa shape index (κ3) is 3.56. The highest BCUT2D eigenvalue weighted by Crippen LogP contribution is 2.19. The fourth-order valence-corrected chi connectivity index (χ4v) is 1.55. The zero-order valence-corrected chi connectivity index (χ0v) is 10.9. The lowest BCUT2D eigenvalue weighted by atomic mass is 9.91. The Hall–Kier alpha value is -1.35. The minimum Gasteiger partial charge on any atom is -0.349 e. The summed E-state index contributed by atoms with van der Waals surface area (Å²) in [5.74, 6) is 0.00991. The maximum atomic E-state index is 12.0. The van der Waals surface area contributed by atoms with Gasteiger partial charge in [-0.3, -0.25) is 4.79 Å². The van der Waals surface area contributed by atoms with Gasteiger partial charge in [0.05, 0.1) is 11.5 Å². The van der Waals surface area contributed by atoms with Gasteiger partial charge < -0.3 is 11.1 Å². The molecule has 0 radical (unpaired) electrons. The summed E-state index contributed by atoms with van der Waals surface area (Å²) in [4.78, 5) is 12.0. The first-order valence-corrected chi connectivity index (χ1v) is 6.07. The SMILES string of the molecule is CC[C@@H](NC(=O)C(C)(C)CN)c1ccccc1. The summed E-state index contributed by atoms with van der Waals surface area (Å²) in [6.07, 6.45) is 0.871. The van der Waals surface area contributed by atoms with Gasteiger partial charge in [-0.1, -0.05) is 37.3 Å². The molecule has 94 valence electrons. The highest BCUT2D eigenvalue weighted by molar-refractivity contribution is 5.82. The van der Waals surface area contributed by atoms with Crippen molar-refractivity contribution >= 4 is 5.91 Å². The lowest BCUT2D eigenvalue weighted by molar-refractivity contribution is -0.129. The summed E-state index contributed by atoms with van der Waals surface area (Å²) in [7, 11) is 0. The topological polar surface area (TPSA) is 55.1 Å². The van der Waals surface area contributed by atoms with Gasteiger partial charge in [0, 0.05) is 6.54 Å². The number of hydrogen-bond donors (Lipinski definition) is 2. The molecule has 1 aromatic rings. The molecule has 3 nitrogen and oxygen atoms in total. The van der Waals surface area contributed by atoms with Crippen molar-refractivity contribution in [3.8, 4) is 0 Å². The standard InChI is InChI=1S/C14H22N2O/c1-4-12(11-8-6-5-7-9-11)16-13(17)14(2,3)10-15/h5-9,12H,4,10,15H2,1-3H3,(H,16,17)/t12-/m1/s1. The largest absolute Gasteiger partial charge is 0.349 e. The summed E-state index contributed by atoms with van der Waals surface area (Å²) < 4.78 is 0. The minimum atomic E-state index is -0.512. The zero-order chi connectivity index (χ0) is 12.9. The first-order chi connectivity index (χ1) is 8.01. The molecule has 1 aromatic carbocycles. The van der Waals surface area contributed by atoms with Crippen LogP contribution in [0.1, 0.15) is 38.8 Å². The van der Waals surface area contributed by atoms with Crippen LogP contribution in [-0.2, 0) is 4.79 Å². The average Bonchev–Trinajstić information content (AvgIpc) is 2.36. The molecular formula is C14H22N2O. The van der Waals surface area contributed by atoms with Gasteiger partial charge >= 0.3 is 0 Å². The summed E-state index contributed by atoms with van der Waals surface area (Å²) in [6, 6.07) is 10.1. The number of rotatable bonds is 5. The van der Waals surface area contributed by atoms with Crippen molar-refractivity contribution in [3.05, 3.63) is 35.9 Å². The van der Waals surface area contributed by atoms with Crippen LogP contribution in [0, 0.1) is 5.41 Å². The molecule has 3 heteroatoms. The average molecular weight is 234 g/mol. The molecule has 1 atom stereocenters. The predicted molar refractivity (Wildman–Crippen MR) is 70.5 cm³/mol. The summed E-state index contributed by atoms with van der Waals surface area (Å²) in [5.41, 5.74) is 6.23. The number of benzene rings is 1. The van der Waals surface area contributed by atoms with E-state index in [2.05, 4.69) is 12.2 Å². The minimum absolute atomic E-state index is 0.00991. The Kier molecular flexibility index (Phi) is 4.70. The number of carbonyl (C=O) groups excluding carboxylic acids is 1. The van der Waals surface area contributed by atoms with Crippen molar-refractivity contribution in [3.63, 3.8) is 0 Å². The molecule has 0 saturated carbocycles. The molecule has 0 spiro atoms. The number of carbonyl (C=O) groups is 1. The molecule has 1 rings (SSSR count). The fraction of sp³-hybridized carbons (Fsp3) is 0.500. The van der Waals surface area contributed by atoms with Gasteiger partial charge in [0.2, 0.25) is 5.91 Å². The van der Waals surface area contributed by atoms with Crippen LogP contribution >= 0.6 is 0 Å². The number of nitrogens with two attached hydrogens (primary N) is 1. The van der Waals surface area contributed by atoms with Crippen molar-refractivity contribution in [1.29, 1.82) is 0 Å². The van der Waals surface area contributed by atoms with E-state index in [1.807, 2.05) is 44.2 Å². The normalized spacial score (nSPS) is 13.2. The Morgan fingerprint density at radius 2 is 1.94 bits per heavy atom. The Bertz CT molecular complexity index is 360. The van der Waals surface area contributed by atoms with E-state index in [0.29, 0.717) is 6.54 Å². The molecule has 0 heterocycles.